The van der Waals surface area contributed by atoms with E-state index in [9.17, 15) is 9.59 Å². The van der Waals surface area contributed by atoms with Gasteiger partial charge in [0.15, 0.2) is 16.1 Å². The Bertz CT molecular complexity index is 1390. The molecule has 0 saturated carbocycles. The minimum Gasteiger partial charge on any atom is -0.342 e. The van der Waals surface area contributed by atoms with E-state index in [4.69, 9.17) is 23.2 Å². The van der Waals surface area contributed by atoms with Gasteiger partial charge < -0.3 is 15.2 Å². The zero-order valence-electron chi connectivity index (χ0n) is 20.5. The van der Waals surface area contributed by atoms with Crippen LogP contribution >= 0.6 is 46.3 Å². The highest BCUT2D eigenvalue weighted by atomic mass is 35.5. The highest BCUT2D eigenvalue weighted by molar-refractivity contribution is 7.99. The number of anilines is 1. The number of aromatic nitrogens is 4. The highest BCUT2D eigenvalue weighted by Gasteiger charge is 2.25. The van der Waals surface area contributed by atoms with Crippen molar-refractivity contribution >= 4 is 73.5 Å². The first-order valence-electron chi connectivity index (χ1n) is 11.7. The number of thioether (sulfide) groups is 1. The second kappa shape index (κ2) is 12.3. The normalized spacial score (nSPS) is 12.2. The molecule has 2 N–H and O–H groups in total. The molecule has 194 valence electrons. The Morgan fingerprint density at radius 2 is 1.92 bits per heavy atom. The molecule has 0 aliphatic heterocycles. The summed E-state index contributed by atoms with van der Waals surface area (Å²) in [5, 5.41) is 16.5. The van der Waals surface area contributed by atoms with Gasteiger partial charge in [-0.3, -0.25) is 9.59 Å². The van der Waals surface area contributed by atoms with E-state index in [0.717, 1.165) is 10.2 Å². The van der Waals surface area contributed by atoms with Gasteiger partial charge in [-0.25, -0.2) is 4.98 Å². The van der Waals surface area contributed by atoms with Crippen molar-refractivity contribution in [2.75, 3.05) is 11.1 Å². The Balaban J connectivity index is 1.46. The molecule has 2 aromatic carbocycles. The fourth-order valence-corrected chi connectivity index (χ4v) is 5.97. The monoisotopic (exact) mass is 576 g/mol. The molecule has 12 heteroatoms. The minimum atomic E-state index is -0.391. The molecule has 0 fully saturated rings. The zero-order valence-corrected chi connectivity index (χ0v) is 23.6. The van der Waals surface area contributed by atoms with Gasteiger partial charge in [-0.05, 0) is 49.6 Å². The van der Waals surface area contributed by atoms with Gasteiger partial charge in [0.25, 0.3) is 5.91 Å². The number of carbonyl (C=O) groups excluding carboxylic acids is 2. The molecular weight excluding hydrogens is 551 g/mol. The molecule has 0 unspecified atom stereocenters. The molecule has 2 heterocycles. The van der Waals surface area contributed by atoms with Crippen LogP contribution in [0, 0.1) is 5.92 Å². The van der Waals surface area contributed by atoms with E-state index in [1.165, 1.54) is 29.2 Å². The predicted molar refractivity (Wildman–Crippen MR) is 151 cm³/mol. The van der Waals surface area contributed by atoms with Crippen molar-refractivity contribution in [3.63, 3.8) is 0 Å². The largest absolute Gasteiger partial charge is 0.342 e. The Morgan fingerprint density at radius 3 is 2.62 bits per heavy atom. The molecule has 0 radical (unpaired) electrons. The number of nitrogens with one attached hydrogen (secondary N) is 2. The lowest BCUT2D eigenvalue weighted by Gasteiger charge is -2.21. The molecule has 0 spiro atoms. The van der Waals surface area contributed by atoms with E-state index in [1.807, 2.05) is 35.8 Å². The molecule has 2 amide bonds. The Hall–Kier alpha value is -2.66. The van der Waals surface area contributed by atoms with Crippen LogP contribution in [0.15, 0.2) is 47.6 Å². The van der Waals surface area contributed by atoms with Crippen molar-refractivity contribution < 1.29 is 9.59 Å². The average Bonchev–Trinajstić information content (AvgIpc) is 3.44. The molecule has 8 nitrogen and oxygen atoms in total. The number of amides is 2. The third kappa shape index (κ3) is 6.81. The molecule has 1 atom stereocenters. The van der Waals surface area contributed by atoms with Gasteiger partial charge in [0.05, 0.1) is 32.6 Å². The summed E-state index contributed by atoms with van der Waals surface area (Å²) < 4.78 is 2.94. The summed E-state index contributed by atoms with van der Waals surface area (Å²) in [5.74, 6) is 0.561. The second-order valence-electron chi connectivity index (χ2n) is 8.69. The van der Waals surface area contributed by atoms with Crippen LogP contribution in [-0.4, -0.2) is 37.3 Å². The number of thiazole rings is 1. The van der Waals surface area contributed by atoms with Crippen molar-refractivity contribution in [2.45, 2.75) is 44.9 Å². The molecule has 0 saturated heterocycles. The number of nitrogens with zero attached hydrogens (tertiary/aromatic N) is 4. The number of halogens is 2. The zero-order chi connectivity index (χ0) is 26.5. The Labute approximate surface area is 233 Å². The van der Waals surface area contributed by atoms with E-state index < -0.39 is 6.04 Å². The van der Waals surface area contributed by atoms with Gasteiger partial charge in [0.1, 0.15) is 0 Å². The fraction of sp³-hybridized carbons (Fsp3) is 0.320. The molecule has 4 rings (SSSR count). The number of para-hydroxylation sites is 1. The van der Waals surface area contributed by atoms with Crippen LogP contribution in [0.1, 0.15) is 49.4 Å². The van der Waals surface area contributed by atoms with Crippen molar-refractivity contribution in [3.05, 3.63) is 63.9 Å². The molecular formula is C25H26Cl2N6O2S2. The van der Waals surface area contributed by atoms with E-state index in [-0.39, 0.29) is 28.5 Å². The summed E-state index contributed by atoms with van der Waals surface area (Å²) in [7, 11) is 0. The van der Waals surface area contributed by atoms with E-state index in [2.05, 4.69) is 39.7 Å². The van der Waals surface area contributed by atoms with Gasteiger partial charge >= 0.3 is 0 Å². The maximum absolute atomic E-state index is 13.0. The summed E-state index contributed by atoms with van der Waals surface area (Å²) in [5.41, 5.74) is 1.19. The van der Waals surface area contributed by atoms with Crippen LogP contribution in [0.2, 0.25) is 10.0 Å². The van der Waals surface area contributed by atoms with Crippen molar-refractivity contribution in [2.24, 2.45) is 5.92 Å². The maximum atomic E-state index is 13.0. The summed E-state index contributed by atoms with van der Waals surface area (Å²) in [6.45, 7) is 6.70. The first-order valence-corrected chi connectivity index (χ1v) is 14.3. The Kier molecular flexibility index (Phi) is 9.07. The van der Waals surface area contributed by atoms with Gasteiger partial charge in [-0.15, -0.1) is 10.2 Å². The summed E-state index contributed by atoms with van der Waals surface area (Å²) in [4.78, 5) is 30.1. The molecule has 0 aliphatic carbocycles. The Morgan fingerprint density at radius 1 is 1.14 bits per heavy atom. The maximum Gasteiger partial charge on any atom is 0.253 e. The van der Waals surface area contributed by atoms with E-state index in [0.29, 0.717) is 39.7 Å². The molecule has 0 bridgehead atoms. The second-order valence-corrected chi connectivity index (χ2v) is 11.5. The van der Waals surface area contributed by atoms with Crippen molar-refractivity contribution in [1.82, 2.24) is 25.1 Å². The third-order valence-electron chi connectivity index (χ3n) is 5.43. The standard InChI is InChI=1S/C25H26Cl2N6O2S2/c1-4-33-22(19(11-14(2)3)28-23(35)16-10-9-15(26)12-17(16)27)31-32-25(33)36-13-21(34)30-24-29-18-7-5-6-8-20(18)37-24/h5-10,12,14,19H,4,11,13H2,1-3H3,(H,28,35)(H,29,30,34)/t19-/m0/s1. The number of fused-ring (bicyclic) bond motifs is 1. The fourth-order valence-electron chi connectivity index (χ4n) is 3.78. The number of benzene rings is 2. The van der Waals surface area contributed by atoms with E-state index >= 15 is 0 Å². The number of rotatable bonds is 10. The van der Waals surface area contributed by atoms with Crippen LogP contribution in [-0.2, 0) is 11.3 Å². The summed E-state index contributed by atoms with van der Waals surface area (Å²) in [6, 6.07) is 12.1. The van der Waals surface area contributed by atoms with Crippen LogP contribution in [0.25, 0.3) is 10.2 Å². The van der Waals surface area contributed by atoms with Crippen molar-refractivity contribution in [3.8, 4) is 0 Å². The quantitative estimate of drug-likeness (QED) is 0.210. The minimum absolute atomic E-state index is 0.148. The third-order valence-corrected chi connectivity index (χ3v) is 7.90. The van der Waals surface area contributed by atoms with Gasteiger partial charge in [0.2, 0.25) is 5.91 Å². The number of hydrogen-bond donors (Lipinski definition) is 2. The molecule has 0 aliphatic rings. The summed E-state index contributed by atoms with van der Waals surface area (Å²) in [6.07, 6.45) is 0.651. The highest BCUT2D eigenvalue weighted by Crippen LogP contribution is 2.28. The summed E-state index contributed by atoms with van der Waals surface area (Å²) >= 11 is 14.9. The van der Waals surface area contributed by atoms with E-state index in [1.54, 1.807) is 12.1 Å². The molecule has 37 heavy (non-hydrogen) atoms. The smallest absolute Gasteiger partial charge is 0.253 e. The van der Waals surface area contributed by atoms with Crippen molar-refractivity contribution in [1.29, 1.82) is 0 Å². The van der Waals surface area contributed by atoms with Crippen LogP contribution in [0.5, 0.6) is 0 Å². The first kappa shape index (κ1) is 27.4. The average molecular weight is 578 g/mol. The van der Waals surface area contributed by atoms with Gasteiger partial charge in [-0.2, -0.15) is 0 Å². The molecule has 4 aromatic rings. The topological polar surface area (TPSA) is 102 Å². The lowest BCUT2D eigenvalue weighted by Crippen LogP contribution is -2.31. The van der Waals surface area contributed by atoms with Gasteiger partial charge in [-0.1, -0.05) is 72.3 Å². The number of carbonyl (C=O) groups is 2. The van der Waals surface area contributed by atoms with Crippen LogP contribution in [0.3, 0.4) is 0 Å². The lowest BCUT2D eigenvalue weighted by molar-refractivity contribution is -0.113. The first-order chi connectivity index (χ1) is 17.7. The van der Waals surface area contributed by atoms with Gasteiger partial charge in [0, 0.05) is 11.6 Å². The van der Waals surface area contributed by atoms with Crippen LogP contribution < -0.4 is 10.6 Å². The molecule has 2 aromatic heterocycles. The predicted octanol–water partition coefficient (Wildman–Crippen LogP) is 6.46. The van der Waals surface area contributed by atoms with Crippen LogP contribution in [0.4, 0.5) is 5.13 Å². The number of hydrogen-bond acceptors (Lipinski definition) is 7. The SMILES string of the molecule is CCn1c(SCC(=O)Nc2nc3ccccc3s2)nnc1[C@H](CC(C)C)NC(=O)c1ccc(Cl)cc1Cl. The lowest BCUT2D eigenvalue weighted by atomic mass is 10.0.